The van der Waals surface area contributed by atoms with Gasteiger partial charge in [0.2, 0.25) is 0 Å². The minimum atomic E-state index is -1.23. The summed E-state index contributed by atoms with van der Waals surface area (Å²) in [5, 5.41) is 13.4. The van der Waals surface area contributed by atoms with Crippen LogP contribution < -0.4 is 15.4 Å². The standard InChI is InChI=1S/C16H19FN2O4/c1-16(2)9-19-14(20)12-4-3-11(5-13(12)16)23-8-10(6-17)7-18-15(21)22/h3-6,18H,7-9H2,1-2H3,(H,19,20)(H,21,22). The Morgan fingerprint density at radius 2 is 2.26 bits per heavy atom. The summed E-state index contributed by atoms with van der Waals surface area (Å²) in [6.45, 7) is 4.32. The third-order valence-electron chi connectivity index (χ3n) is 3.70. The van der Waals surface area contributed by atoms with E-state index in [4.69, 9.17) is 9.84 Å². The van der Waals surface area contributed by atoms with Crippen molar-refractivity contribution in [3.05, 3.63) is 41.2 Å². The first-order valence-electron chi connectivity index (χ1n) is 7.14. The van der Waals surface area contributed by atoms with Gasteiger partial charge in [-0.3, -0.25) is 4.79 Å². The van der Waals surface area contributed by atoms with E-state index in [9.17, 15) is 14.0 Å². The molecule has 23 heavy (non-hydrogen) atoms. The Bertz CT molecular complexity index is 655. The highest BCUT2D eigenvalue weighted by Crippen LogP contribution is 2.32. The number of ether oxygens (including phenoxy) is 1. The average molecular weight is 322 g/mol. The molecule has 1 aliphatic heterocycles. The van der Waals surface area contributed by atoms with Gasteiger partial charge in [0.25, 0.3) is 5.91 Å². The van der Waals surface area contributed by atoms with E-state index in [0.29, 0.717) is 24.2 Å². The van der Waals surface area contributed by atoms with Crippen LogP contribution in [0, 0.1) is 0 Å². The van der Waals surface area contributed by atoms with E-state index in [-0.39, 0.29) is 30.0 Å². The third-order valence-corrected chi connectivity index (χ3v) is 3.70. The molecular weight excluding hydrogens is 303 g/mol. The van der Waals surface area contributed by atoms with Crippen LogP contribution in [-0.4, -0.2) is 36.8 Å². The molecule has 1 aromatic carbocycles. The van der Waals surface area contributed by atoms with Gasteiger partial charge in [0.15, 0.2) is 0 Å². The van der Waals surface area contributed by atoms with Gasteiger partial charge in [-0.1, -0.05) is 13.8 Å². The Morgan fingerprint density at radius 3 is 2.91 bits per heavy atom. The van der Waals surface area contributed by atoms with Gasteiger partial charge in [0.05, 0.1) is 6.33 Å². The number of hydrogen-bond donors (Lipinski definition) is 3. The molecule has 0 saturated carbocycles. The highest BCUT2D eigenvalue weighted by atomic mass is 19.1. The van der Waals surface area contributed by atoms with Crippen LogP contribution in [0.15, 0.2) is 30.1 Å². The smallest absolute Gasteiger partial charge is 0.404 e. The zero-order valence-electron chi connectivity index (χ0n) is 13.0. The molecule has 2 amide bonds. The first-order chi connectivity index (χ1) is 10.8. The second-order valence-electron chi connectivity index (χ2n) is 5.99. The van der Waals surface area contributed by atoms with Crippen molar-refractivity contribution in [1.29, 1.82) is 0 Å². The Kier molecular flexibility index (Phi) is 4.88. The number of amides is 2. The summed E-state index contributed by atoms with van der Waals surface area (Å²) >= 11 is 0. The van der Waals surface area contributed by atoms with E-state index >= 15 is 0 Å². The summed E-state index contributed by atoms with van der Waals surface area (Å²) in [4.78, 5) is 22.3. The highest BCUT2D eigenvalue weighted by molar-refractivity contribution is 5.97. The predicted molar refractivity (Wildman–Crippen MR) is 82.5 cm³/mol. The molecule has 3 N–H and O–H groups in total. The molecule has 7 heteroatoms. The molecule has 0 bridgehead atoms. The monoisotopic (exact) mass is 322 g/mol. The van der Waals surface area contributed by atoms with Gasteiger partial charge in [-0.15, -0.1) is 0 Å². The average Bonchev–Trinajstić information content (AvgIpc) is 2.51. The summed E-state index contributed by atoms with van der Waals surface area (Å²) in [7, 11) is 0. The zero-order valence-corrected chi connectivity index (χ0v) is 13.0. The lowest BCUT2D eigenvalue weighted by molar-refractivity contribution is 0.0929. The molecule has 0 aliphatic carbocycles. The van der Waals surface area contributed by atoms with E-state index in [1.54, 1.807) is 18.2 Å². The van der Waals surface area contributed by atoms with Gasteiger partial charge in [0, 0.05) is 29.6 Å². The molecule has 0 atom stereocenters. The molecule has 1 heterocycles. The maximum atomic E-state index is 12.7. The summed E-state index contributed by atoms with van der Waals surface area (Å²) in [6, 6.07) is 5.09. The quantitative estimate of drug-likeness (QED) is 0.775. The normalized spacial score (nSPS) is 16.3. The van der Waals surface area contributed by atoms with Gasteiger partial charge < -0.3 is 20.5 Å². The molecule has 0 radical (unpaired) electrons. The van der Waals surface area contributed by atoms with Crippen LogP contribution in [0.2, 0.25) is 0 Å². The fraction of sp³-hybridized carbons (Fsp3) is 0.375. The Labute approximate surface area is 133 Å². The summed E-state index contributed by atoms with van der Waals surface area (Å²) in [5.41, 5.74) is 1.41. The predicted octanol–water partition coefficient (Wildman–Crippen LogP) is 2.21. The number of rotatable bonds is 5. The zero-order chi connectivity index (χ0) is 17.0. The van der Waals surface area contributed by atoms with Gasteiger partial charge >= 0.3 is 6.09 Å². The van der Waals surface area contributed by atoms with Crippen LogP contribution in [0.5, 0.6) is 5.75 Å². The first kappa shape index (κ1) is 16.8. The fourth-order valence-corrected chi connectivity index (χ4v) is 2.35. The lowest BCUT2D eigenvalue weighted by Crippen LogP contribution is -2.43. The Hall–Kier alpha value is -2.57. The van der Waals surface area contributed by atoms with Gasteiger partial charge in [-0.25, -0.2) is 9.18 Å². The number of benzene rings is 1. The van der Waals surface area contributed by atoms with Crippen LogP contribution >= 0.6 is 0 Å². The molecule has 2 rings (SSSR count). The van der Waals surface area contributed by atoms with Crippen molar-refractivity contribution in [3.63, 3.8) is 0 Å². The van der Waals surface area contributed by atoms with Crippen LogP contribution in [0.25, 0.3) is 0 Å². The molecule has 0 spiro atoms. The molecule has 0 aromatic heterocycles. The number of halogens is 1. The minimum absolute atomic E-state index is 0.0812. The molecule has 6 nitrogen and oxygen atoms in total. The molecule has 1 aliphatic rings. The number of carbonyl (C=O) groups excluding carboxylic acids is 1. The van der Waals surface area contributed by atoms with Crippen LogP contribution in [0.1, 0.15) is 29.8 Å². The molecule has 0 unspecified atom stereocenters. The minimum Gasteiger partial charge on any atom is -0.489 e. The topological polar surface area (TPSA) is 87.7 Å². The summed E-state index contributed by atoms with van der Waals surface area (Å²) in [5.74, 6) is 0.377. The largest absolute Gasteiger partial charge is 0.489 e. The van der Waals surface area contributed by atoms with Crippen LogP contribution in [0.4, 0.5) is 9.18 Å². The van der Waals surface area contributed by atoms with Crippen molar-refractivity contribution in [1.82, 2.24) is 10.6 Å². The maximum Gasteiger partial charge on any atom is 0.404 e. The molecule has 0 saturated heterocycles. The van der Waals surface area contributed by atoms with Crippen LogP contribution in [0.3, 0.4) is 0 Å². The highest BCUT2D eigenvalue weighted by Gasteiger charge is 2.31. The van der Waals surface area contributed by atoms with E-state index in [1.165, 1.54) is 0 Å². The molecule has 1 aromatic rings. The Morgan fingerprint density at radius 1 is 1.52 bits per heavy atom. The SMILES string of the molecule is CC1(C)CNC(=O)c2ccc(OCC(=CF)CNC(=O)O)cc21. The van der Waals surface area contributed by atoms with Crippen molar-refractivity contribution >= 4 is 12.0 Å². The lowest BCUT2D eigenvalue weighted by atomic mass is 9.79. The summed E-state index contributed by atoms with van der Waals surface area (Å²) in [6.07, 6.45) is -0.906. The number of hydrogen-bond acceptors (Lipinski definition) is 3. The van der Waals surface area contributed by atoms with Crippen molar-refractivity contribution in [2.75, 3.05) is 19.7 Å². The lowest BCUT2D eigenvalue weighted by Gasteiger charge is -2.32. The van der Waals surface area contributed by atoms with Gasteiger partial charge in [0.1, 0.15) is 12.4 Å². The van der Waals surface area contributed by atoms with E-state index in [2.05, 4.69) is 10.6 Å². The third kappa shape index (κ3) is 4.00. The van der Waals surface area contributed by atoms with Crippen molar-refractivity contribution in [2.45, 2.75) is 19.3 Å². The number of fused-ring (bicyclic) bond motifs is 1. The van der Waals surface area contributed by atoms with Crippen LogP contribution in [-0.2, 0) is 5.41 Å². The van der Waals surface area contributed by atoms with Crippen molar-refractivity contribution in [3.8, 4) is 5.75 Å². The molecule has 124 valence electrons. The Balaban J connectivity index is 2.10. The number of carbonyl (C=O) groups is 2. The number of nitrogens with one attached hydrogen (secondary N) is 2. The van der Waals surface area contributed by atoms with Crippen molar-refractivity contribution < 1.29 is 23.8 Å². The second-order valence-corrected chi connectivity index (χ2v) is 5.99. The van der Waals surface area contributed by atoms with E-state index in [1.807, 2.05) is 13.8 Å². The molecule has 0 fully saturated rings. The van der Waals surface area contributed by atoms with E-state index in [0.717, 1.165) is 5.56 Å². The van der Waals surface area contributed by atoms with Gasteiger partial charge in [-0.05, 0) is 23.8 Å². The summed E-state index contributed by atoms with van der Waals surface area (Å²) < 4.78 is 18.2. The van der Waals surface area contributed by atoms with Crippen molar-refractivity contribution in [2.24, 2.45) is 0 Å². The second kappa shape index (κ2) is 6.68. The maximum absolute atomic E-state index is 12.7. The first-order valence-corrected chi connectivity index (χ1v) is 7.14. The number of carboxylic acid groups (broad SMARTS) is 1. The molecular formula is C16H19FN2O4. The van der Waals surface area contributed by atoms with Gasteiger partial charge in [-0.2, -0.15) is 0 Å². The fourth-order valence-electron chi connectivity index (χ4n) is 2.35. The van der Waals surface area contributed by atoms with E-state index < -0.39 is 6.09 Å².